The lowest BCUT2D eigenvalue weighted by Gasteiger charge is -2.16. The number of fused-ring (bicyclic) bond motifs is 1. The molecule has 2 aromatic rings. The van der Waals surface area contributed by atoms with E-state index in [1.165, 1.54) is 19.7 Å². The molecule has 1 saturated heterocycles. The zero-order valence-corrected chi connectivity index (χ0v) is 12.5. The van der Waals surface area contributed by atoms with Crippen LogP contribution in [0.2, 0.25) is 0 Å². The molecule has 4 unspecified atom stereocenters. The third kappa shape index (κ3) is 2.09. The number of aliphatic hydroxyl groups excluding tert-OH is 1. The third-order valence-electron chi connectivity index (χ3n) is 3.97. The van der Waals surface area contributed by atoms with E-state index in [9.17, 15) is 9.90 Å². The van der Waals surface area contributed by atoms with Gasteiger partial charge in [-0.25, -0.2) is 15.0 Å². The van der Waals surface area contributed by atoms with Crippen LogP contribution in [0.1, 0.15) is 13.2 Å². The van der Waals surface area contributed by atoms with E-state index >= 15 is 0 Å². The molecule has 3 heterocycles. The van der Waals surface area contributed by atoms with E-state index in [1.807, 2.05) is 0 Å². The Morgan fingerprint density at radius 2 is 2.14 bits per heavy atom. The van der Waals surface area contributed by atoms with Gasteiger partial charge in [0.1, 0.15) is 24.1 Å². The second kappa shape index (κ2) is 5.50. The SMILES string of the molecule is CNC(=O)C1OC(n2cnc3c(NC)ncnc32)C(O)C1C. The highest BCUT2D eigenvalue weighted by Crippen LogP contribution is 2.35. The van der Waals surface area contributed by atoms with Gasteiger partial charge in [-0.1, -0.05) is 6.92 Å². The Morgan fingerprint density at radius 3 is 2.82 bits per heavy atom. The molecular weight excluding hydrogens is 288 g/mol. The van der Waals surface area contributed by atoms with Crippen molar-refractivity contribution in [1.29, 1.82) is 0 Å². The molecule has 0 radical (unpaired) electrons. The second-order valence-corrected chi connectivity index (χ2v) is 5.21. The number of amides is 1. The average Bonchev–Trinajstić information content (AvgIpc) is 3.09. The molecule has 4 atom stereocenters. The summed E-state index contributed by atoms with van der Waals surface area (Å²) in [5.41, 5.74) is 1.12. The number of hydrogen-bond donors (Lipinski definition) is 3. The van der Waals surface area contributed by atoms with Crippen LogP contribution in [0.15, 0.2) is 12.7 Å². The Hall–Kier alpha value is -2.26. The largest absolute Gasteiger partial charge is 0.388 e. The molecule has 3 rings (SSSR count). The van der Waals surface area contributed by atoms with Crippen LogP contribution in [0, 0.1) is 5.92 Å². The highest BCUT2D eigenvalue weighted by molar-refractivity contribution is 5.83. The summed E-state index contributed by atoms with van der Waals surface area (Å²) >= 11 is 0. The van der Waals surface area contributed by atoms with Crippen molar-refractivity contribution in [3.8, 4) is 0 Å². The van der Waals surface area contributed by atoms with Crippen molar-refractivity contribution in [2.24, 2.45) is 5.92 Å². The van der Waals surface area contributed by atoms with Crippen molar-refractivity contribution in [2.75, 3.05) is 19.4 Å². The maximum Gasteiger partial charge on any atom is 0.249 e. The first-order valence-corrected chi connectivity index (χ1v) is 6.99. The Balaban J connectivity index is 2.00. The smallest absolute Gasteiger partial charge is 0.249 e. The lowest BCUT2D eigenvalue weighted by molar-refractivity contribution is -0.135. The summed E-state index contributed by atoms with van der Waals surface area (Å²) in [6, 6.07) is 0. The Morgan fingerprint density at radius 1 is 1.36 bits per heavy atom. The number of hydrogen-bond acceptors (Lipinski definition) is 7. The van der Waals surface area contributed by atoms with E-state index in [-0.39, 0.29) is 11.8 Å². The number of nitrogens with zero attached hydrogens (tertiary/aromatic N) is 4. The fourth-order valence-electron chi connectivity index (χ4n) is 2.69. The van der Waals surface area contributed by atoms with Gasteiger partial charge in [-0.15, -0.1) is 0 Å². The van der Waals surface area contributed by atoms with Crippen LogP contribution >= 0.6 is 0 Å². The van der Waals surface area contributed by atoms with Crippen molar-refractivity contribution in [1.82, 2.24) is 24.8 Å². The first-order valence-electron chi connectivity index (χ1n) is 6.99. The molecule has 0 saturated carbocycles. The average molecular weight is 306 g/mol. The Kier molecular flexibility index (Phi) is 3.67. The molecule has 2 aromatic heterocycles. The number of anilines is 1. The van der Waals surface area contributed by atoms with Gasteiger partial charge in [0.05, 0.1) is 6.33 Å². The van der Waals surface area contributed by atoms with E-state index in [0.29, 0.717) is 17.0 Å². The number of ether oxygens (including phenoxy) is 1. The molecule has 0 aromatic carbocycles. The van der Waals surface area contributed by atoms with Gasteiger partial charge in [0, 0.05) is 20.0 Å². The highest BCUT2D eigenvalue weighted by atomic mass is 16.5. The van der Waals surface area contributed by atoms with Gasteiger partial charge < -0.3 is 20.5 Å². The summed E-state index contributed by atoms with van der Waals surface area (Å²) in [6.07, 6.45) is 0.669. The molecule has 3 N–H and O–H groups in total. The molecule has 1 aliphatic heterocycles. The van der Waals surface area contributed by atoms with Crippen molar-refractivity contribution >= 4 is 22.9 Å². The third-order valence-corrected chi connectivity index (χ3v) is 3.97. The molecule has 118 valence electrons. The number of rotatable bonds is 3. The van der Waals surface area contributed by atoms with Crippen LogP contribution in [0.25, 0.3) is 11.2 Å². The predicted octanol–water partition coefficient (Wildman–Crippen LogP) is -0.492. The van der Waals surface area contributed by atoms with Gasteiger partial charge in [0.25, 0.3) is 0 Å². The fraction of sp³-hybridized carbons (Fsp3) is 0.538. The zero-order chi connectivity index (χ0) is 15.9. The summed E-state index contributed by atoms with van der Waals surface area (Å²) in [5.74, 6) is -0.0100. The van der Waals surface area contributed by atoms with Gasteiger partial charge in [-0.05, 0) is 0 Å². The summed E-state index contributed by atoms with van der Waals surface area (Å²) in [5, 5.41) is 15.9. The van der Waals surface area contributed by atoms with Crippen molar-refractivity contribution < 1.29 is 14.6 Å². The van der Waals surface area contributed by atoms with Gasteiger partial charge in [-0.3, -0.25) is 9.36 Å². The number of carbonyl (C=O) groups is 1. The molecule has 0 spiro atoms. The van der Waals surface area contributed by atoms with E-state index in [0.717, 1.165) is 0 Å². The minimum Gasteiger partial charge on any atom is -0.388 e. The molecule has 0 aliphatic carbocycles. The van der Waals surface area contributed by atoms with Crippen LogP contribution in [0.4, 0.5) is 5.82 Å². The minimum absolute atomic E-state index is 0.260. The normalized spacial score (nSPS) is 28.0. The lowest BCUT2D eigenvalue weighted by atomic mass is 10.00. The molecule has 1 aliphatic rings. The van der Waals surface area contributed by atoms with Gasteiger partial charge >= 0.3 is 0 Å². The molecule has 9 nitrogen and oxygen atoms in total. The van der Waals surface area contributed by atoms with Gasteiger partial charge in [0.2, 0.25) is 5.91 Å². The maximum atomic E-state index is 11.8. The molecular formula is C13H18N6O3. The standard InChI is InChI=1S/C13H18N6O3/c1-6-8(20)13(22-9(6)12(21)15-3)19-5-18-7-10(14-2)16-4-17-11(7)19/h4-6,8-9,13,20H,1-3H3,(H,15,21)(H,14,16,17). The minimum atomic E-state index is -0.840. The molecule has 0 bridgehead atoms. The fourth-order valence-corrected chi connectivity index (χ4v) is 2.69. The van der Waals surface area contributed by atoms with E-state index in [1.54, 1.807) is 18.5 Å². The number of nitrogens with one attached hydrogen (secondary N) is 2. The van der Waals surface area contributed by atoms with Crippen LogP contribution in [-0.4, -0.2) is 56.8 Å². The van der Waals surface area contributed by atoms with E-state index in [2.05, 4.69) is 25.6 Å². The highest BCUT2D eigenvalue weighted by Gasteiger charge is 2.45. The first kappa shape index (κ1) is 14.7. The number of imidazole rings is 1. The first-order chi connectivity index (χ1) is 10.6. The quantitative estimate of drug-likeness (QED) is 0.701. The van der Waals surface area contributed by atoms with Gasteiger partial charge in [-0.2, -0.15) is 0 Å². The monoisotopic (exact) mass is 306 g/mol. The zero-order valence-electron chi connectivity index (χ0n) is 12.5. The maximum absolute atomic E-state index is 11.8. The number of likely N-dealkylation sites (N-methyl/N-ethyl adjacent to an activating group) is 1. The predicted molar refractivity (Wildman–Crippen MR) is 78.0 cm³/mol. The van der Waals surface area contributed by atoms with Gasteiger partial charge in [0.15, 0.2) is 17.7 Å². The molecule has 1 fully saturated rings. The summed E-state index contributed by atoms with van der Waals surface area (Å²) in [4.78, 5) is 24.4. The van der Waals surface area contributed by atoms with E-state index < -0.39 is 18.4 Å². The van der Waals surface area contributed by atoms with Crippen LogP contribution < -0.4 is 10.6 Å². The summed E-state index contributed by atoms with van der Waals surface area (Å²) in [6.45, 7) is 1.78. The number of aromatic nitrogens is 4. The van der Waals surface area contributed by atoms with Crippen molar-refractivity contribution in [2.45, 2.75) is 25.4 Å². The molecule has 9 heteroatoms. The Labute approximate surface area is 126 Å². The summed E-state index contributed by atoms with van der Waals surface area (Å²) < 4.78 is 7.37. The van der Waals surface area contributed by atoms with Crippen molar-refractivity contribution in [3.63, 3.8) is 0 Å². The van der Waals surface area contributed by atoms with Crippen LogP contribution in [0.5, 0.6) is 0 Å². The van der Waals surface area contributed by atoms with Crippen LogP contribution in [-0.2, 0) is 9.53 Å². The molecule has 22 heavy (non-hydrogen) atoms. The Bertz CT molecular complexity index is 702. The van der Waals surface area contributed by atoms with E-state index in [4.69, 9.17) is 4.74 Å². The second-order valence-electron chi connectivity index (χ2n) is 5.21. The van der Waals surface area contributed by atoms with Crippen molar-refractivity contribution in [3.05, 3.63) is 12.7 Å². The summed E-state index contributed by atoms with van der Waals surface area (Å²) in [7, 11) is 3.28. The lowest BCUT2D eigenvalue weighted by Crippen LogP contribution is -2.36. The topological polar surface area (TPSA) is 114 Å². The number of aliphatic hydroxyl groups is 1. The molecule has 1 amide bonds. The number of carbonyl (C=O) groups excluding carboxylic acids is 1. The van der Waals surface area contributed by atoms with Crippen LogP contribution in [0.3, 0.4) is 0 Å².